The summed E-state index contributed by atoms with van der Waals surface area (Å²) in [4.78, 5) is 2.22. The van der Waals surface area contributed by atoms with Crippen molar-refractivity contribution in [2.24, 2.45) is 11.7 Å². The van der Waals surface area contributed by atoms with Crippen molar-refractivity contribution in [1.82, 2.24) is 4.90 Å². The number of nitrogens with zero attached hydrogens (tertiary/aromatic N) is 1. The summed E-state index contributed by atoms with van der Waals surface area (Å²) < 4.78 is 13.2. The molecule has 2 nitrogen and oxygen atoms in total. The molecule has 0 spiro atoms. The number of nitrogens with two attached hydrogens (primary N) is 1. The second-order valence-corrected chi connectivity index (χ2v) is 4.96. The third kappa shape index (κ3) is 3.51. The molecule has 2 unspecified atom stereocenters. The summed E-state index contributed by atoms with van der Waals surface area (Å²) in [7, 11) is 2.05. The molecule has 1 aromatic rings. The van der Waals surface area contributed by atoms with Gasteiger partial charge in [-0.15, -0.1) is 0 Å². The SMILES string of the molecule is CC(C)C(C)N(C)C(CN)c1cccc(F)c1. The van der Waals surface area contributed by atoms with E-state index in [9.17, 15) is 4.39 Å². The maximum absolute atomic E-state index is 13.2. The summed E-state index contributed by atoms with van der Waals surface area (Å²) in [6, 6.07) is 7.19. The van der Waals surface area contributed by atoms with Gasteiger partial charge in [0.15, 0.2) is 0 Å². The van der Waals surface area contributed by atoms with Crippen LogP contribution in [-0.4, -0.2) is 24.5 Å². The highest BCUT2D eigenvalue weighted by Gasteiger charge is 2.22. The lowest BCUT2D eigenvalue weighted by Gasteiger charge is -2.35. The fourth-order valence-electron chi connectivity index (χ4n) is 2.01. The molecule has 0 heterocycles. The van der Waals surface area contributed by atoms with E-state index in [1.54, 1.807) is 12.1 Å². The quantitative estimate of drug-likeness (QED) is 0.854. The van der Waals surface area contributed by atoms with Gasteiger partial charge in [-0.2, -0.15) is 0 Å². The molecule has 0 aliphatic carbocycles. The molecule has 0 radical (unpaired) electrons. The summed E-state index contributed by atoms with van der Waals surface area (Å²) in [5.74, 6) is 0.342. The molecular formula is C14H23FN2. The van der Waals surface area contributed by atoms with Gasteiger partial charge in [-0.05, 0) is 37.6 Å². The van der Waals surface area contributed by atoms with Gasteiger partial charge in [-0.25, -0.2) is 4.39 Å². The van der Waals surface area contributed by atoms with Gasteiger partial charge in [0, 0.05) is 18.6 Å². The van der Waals surface area contributed by atoms with Crippen molar-refractivity contribution < 1.29 is 4.39 Å². The Labute approximate surface area is 104 Å². The van der Waals surface area contributed by atoms with Crippen molar-refractivity contribution in [3.05, 3.63) is 35.6 Å². The van der Waals surface area contributed by atoms with Crippen LogP contribution >= 0.6 is 0 Å². The van der Waals surface area contributed by atoms with E-state index in [0.717, 1.165) is 5.56 Å². The lowest BCUT2D eigenvalue weighted by Crippen LogP contribution is -2.39. The predicted molar refractivity (Wildman–Crippen MR) is 70.3 cm³/mol. The lowest BCUT2D eigenvalue weighted by molar-refractivity contribution is 0.151. The first-order valence-corrected chi connectivity index (χ1v) is 6.14. The standard InChI is InChI=1S/C14H23FN2/c1-10(2)11(3)17(4)14(9-16)12-6-5-7-13(15)8-12/h5-8,10-11,14H,9,16H2,1-4H3. The first-order valence-electron chi connectivity index (χ1n) is 6.14. The largest absolute Gasteiger partial charge is 0.329 e. The lowest BCUT2D eigenvalue weighted by atomic mass is 9.99. The van der Waals surface area contributed by atoms with E-state index in [0.29, 0.717) is 18.5 Å². The van der Waals surface area contributed by atoms with Crippen molar-refractivity contribution in [1.29, 1.82) is 0 Å². The van der Waals surface area contributed by atoms with Crippen LogP contribution in [0.3, 0.4) is 0 Å². The van der Waals surface area contributed by atoms with Crippen LogP contribution < -0.4 is 5.73 Å². The Hall–Kier alpha value is -0.930. The molecule has 0 saturated heterocycles. The molecule has 0 amide bonds. The average Bonchev–Trinajstić information content (AvgIpc) is 2.28. The van der Waals surface area contributed by atoms with Gasteiger partial charge < -0.3 is 5.73 Å². The Balaban J connectivity index is 2.91. The van der Waals surface area contributed by atoms with Gasteiger partial charge in [-0.3, -0.25) is 4.90 Å². The minimum atomic E-state index is -0.202. The molecule has 1 aromatic carbocycles. The number of hydrogen-bond donors (Lipinski definition) is 1. The predicted octanol–water partition coefficient (Wildman–Crippen LogP) is 2.80. The molecule has 0 aromatic heterocycles. The van der Waals surface area contributed by atoms with Gasteiger partial charge in [0.1, 0.15) is 5.82 Å². The summed E-state index contributed by atoms with van der Waals surface area (Å²) in [5, 5.41) is 0. The third-order valence-corrected chi connectivity index (χ3v) is 3.56. The van der Waals surface area contributed by atoms with E-state index in [2.05, 4.69) is 25.7 Å². The van der Waals surface area contributed by atoms with E-state index in [4.69, 9.17) is 5.73 Å². The zero-order chi connectivity index (χ0) is 13.0. The Kier molecular flexibility index (Phi) is 5.09. The fraction of sp³-hybridized carbons (Fsp3) is 0.571. The Morgan fingerprint density at radius 2 is 1.94 bits per heavy atom. The smallest absolute Gasteiger partial charge is 0.123 e. The van der Waals surface area contributed by atoms with Gasteiger partial charge in [0.2, 0.25) is 0 Å². The molecule has 3 heteroatoms. The second kappa shape index (κ2) is 6.12. The molecule has 0 fully saturated rings. The normalized spacial score (nSPS) is 15.3. The maximum Gasteiger partial charge on any atom is 0.123 e. The first-order chi connectivity index (χ1) is 7.97. The van der Waals surface area contributed by atoms with Gasteiger partial charge in [0.25, 0.3) is 0 Å². The monoisotopic (exact) mass is 238 g/mol. The molecule has 0 aliphatic heterocycles. The topological polar surface area (TPSA) is 29.3 Å². The first kappa shape index (κ1) is 14.1. The molecule has 0 bridgehead atoms. The van der Waals surface area contributed by atoms with Crippen LogP contribution in [-0.2, 0) is 0 Å². The molecule has 2 atom stereocenters. The van der Waals surface area contributed by atoms with Crippen LogP contribution in [0.1, 0.15) is 32.4 Å². The summed E-state index contributed by atoms with van der Waals surface area (Å²) >= 11 is 0. The van der Waals surface area contributed by atoms with Crippen LogP contribution in [0.25, 0.3) is 0 Å². The highest BCUT2D eigenvalue weighted by Crippen LogP contribution is 2.23. The highest BCUT2D eigenvalue weighted by molar-refractivity contribution is 5.20. The van der Waals surface area contributed by atoms with E-state index in [-0.39, 0.29) is 11.9 Å². The van der Waals surface area contributed by atoms with E-state index in [1.165, 1.54) is 6.07 Å². The summed E-state index contributed by atoms with van der Waals surface area (Å²) in [6.45, 7) is 7.03. The third-order valence-electron chi connectivity index (χ3n) is 3.56. The number of hydrogen-bond acceptors (Lipinski definition) is 2. The molecule has 96 valence electrons. The van der Waals surface area contributed by atoms with Crippen LogP contribution in [0.4, 0.5) is 4.39 Å². The maximum atomic E-state index is 13.2. The zero-order valence-electron chi connectivity index (χ0n) is 11.2. The number of halogens is 1. The molecule has 0 aliphatic rings. The van der Waals surface area contributed by atoms with Gasteiger partial charge in [-0.1, -0.05) is 26.0 Å². The molecule has 17 heavy (non-hydrogen) atoms. The van der Waals surface area contributed by atoms with Crippen LogP contribution in [0.5, 0.6) is 0 Å². The van der Waals surface area contributed by atoms with Crippen molar-refractivity contribution in [3.63, 3.8) is 0 Å². The van der Waals surface area contributed by atoms with E-state index < -0.39 is 0 Å². The minimum absolute atomic E-state index is 0.0723. The van der Waals surface area contributed by atoms with E-state index in [1.807, 2.05) is 13.1 Å². The Morgan fingerprint density at radius 3 is 2.41 bits per heavy atom. The van der Waals surface area contributed by atoms with Crippen LogP contribution in [0.15, 0.2) is 24.3 Å². The van der Waals surface area contributed by atoms with Crippen molar-refractivity contribution in [2.45, 2.75) is 32.9 Å². The van der Waals surface area contributed by atoms with Crippen molar-refractivity contribution in [3.8, 4) is 0 Å². The molecule has 0 saturated carbocycles. The fourth-order valence-corrected chi connectivity index (χ4v) is 2.01. The minimum Gasteiger partial charge on any atom is -0.329 e. The molecule has 1 rings (SSSR count). The van der Waals surface area contributed by atoms with E-state index >= 15 is 0 Å². The summed E-state index contributed by atoms with van der Waals surface area (Å²) in [6.07, 6.45) is 0. The van der Waals surface area contributed by atoms with Crippen LogP contribution in [0, 0.1) is 11.7 Å². The van der Waals surface area contributed by atoms with Gasteiger partial charge >= 0.3 is 0 Å². The average molecular weight is 238 g/mol. The summed E-state index contributed by atoms with van der Waals surface area (Å²) in [5.41, 5.74) is 6.78. The second-order valence-electron chi connectivity index (χ2n) is 4.96. The molecule has 2 N–H and O–H groups in total. The van der Waals surface area contributed by atoms with Gasteiger partial charge in [0.05, 0.1) is 0 Å². The Bertz CT molecular complexity index is 352. The number of likely N-dealkylation sites (N-methyl/N-ethyl adjacent to an activating group) is 1. The molecular weight excluding hydrogens is 215 g/mol. The van der Waals surface area contributed by atoms with Crippen LogP contribution in [0.2, 0.25) is 0 Å². The van der Waals surface area contributed by atoms with Crippen molar-refractivity contribution in [2.75, 3.05) is 13.6 Å². The van der Waals surface area contributed by atoms with Crippen molar-refractivity contribution >= 4 is 0 Å². The Morgan fingerprint density at radius 1 is 1.29 bits per heavy atom. The zero-order valence-corrected chi connectivity index (χ0v) is 11.2. The number of benzene rings is 1. The highest BCUT2D eigenvalue weighted by atomic mass is 19.1. The number of rotatable bonds is 5.